The van der Waals surface area contributed by atoms with Crippen LogP contribution in [0.2, 0.25) is 0 Å². The molecule has 1 nitrogen and oxygen atoms in total. The van der Waals surface area contributed by atoms with Crippen molar-refractivity contribution < 1.29 is 8.78 Å². The number of rotatable bonds is 2. The van der Waals surface area contributed by atoms with E-state index in [1.807, 2.05) is 0 Å². The van der Waals surface area contributed by atoms with E-state index in [-0.39, 0.29) is 6.54 Å². The van der Waals surface area contributed by atoms with E-state index >= 15 is 0 Å². The summed E-state index contributed by atoms with van der Waals surface area (Å²) in [5.41, 5.74) is 4.40. The van der Waals surface area contributed by atoms with Crippen molar-refractivity contribution in [3.05, 3.63) is 0 Å². The van der Waals surface area contributed by atoms with E-state index < -0.39 is 11.8 Å². The molecule has 2 N–H and O–H groups in total. The fraction of sp³-hybridized carbons (Fsp3) is 1.00. The van der Waals surface area contributed by atoms with Gasteiger partial charge < -0.3 is 5.73 Å². The SMILES string of the molecule is NCC1(C(F)F)CCC1. The first-order valence-corrected chi connectivity index (χ1v) is 3.19. The molecule has 54 valence electrons. The van der Waals surface area contributed by atoms with Crippen LogP contribution in [0.1, 0.15) is 19.3 Å². The first kappa shape index (κ1) is 6.93. The molecule has 9 heavy (non-hydrogen) atoms. The van der Waals surface area contributed by atoms with Gasteiger partial charge in [-0.25, -0.2) is 8.78 Å². The third kappa shape index (κ3) is 0.936. The van der Waals surface area contributed by atoms with E-state index in [9.17, 15) is 8.78 Å². The molecule has 0 spiro atoms. The van der Waals surface area contributed by atoms with E-state index in [0.29, 0.717) is 12.8 Å². The van der Waals surface area contributed by atoms with Gasteiger partial charge in [-0.3, -0.25) is 0 Å². The van der Waals surface area contributed by atoms with Crippen LogP contribution in [0.3, 0.4) is 0 Å². The molecule has 0 atom stereocenters. The maximum atomic E-state index is 12.1. The molecule has 1 fully saturated rings. The van der Waals surface area contributed by atoms with Crippen molar-refractivity contribution >= 4 is 0 Å². The van der Waals surface area contributed by atoms with Crippen LogP contribution in [0.4, 0.5) is 8.78 Å². The Morgan fingerprint density at radius 2 is 2.00 bits per heavy atom. The van der Waals surface area contributed by atoms with Gasteiger partial charge in [-0.2, -0.15) is 0 Å². The van der Waals surface area contributed by atoms with Gasteiger partial charge in [-0.1, -0.05) is 6.42 Å². The lowest BCUT2D eigenvalue weighted by Crippen LogP contribution is -2.43. The Kier molecular flexibility index (Phi) is 1.70. The maximum absolute atomic E-state index is 12.1. The smallest absolute Gasteiger partial charge is 0.245 e. The van der Waals surface area contributed by atoms with Crippen LogP contribution in [0.5, 0.6) is 0 Å². The fourth-order valence-electron chi connectivity index (χ4n) is 1.14. The molecular formula is C6H11F2N. The lowest BCUT2D eigenvalue weighted by molar-refractivity contribution is -0.0529. The zero-order valence-corrected chi connectivity index (χ0v) is 5.24. The highest BCUT2D eigenvalue weighted by Gasteiger charge is 2.43. The van der Waals surface area contributed by atoms with Crippen LogP contribution < -0.4 is 5.73 Å². The van der Waals surface area contributed by atoms with Crippen molar-refractivity contribution in [2.24, 2.45) is 11.1 Å². The summed E-state index contributed by atoms with van der Waals surface area (Å²) in [5, 5.41) is 0. The lowest BCUT2D eigenvalue weighted by atomic mass is 9.69. The molecule has 1 aliphatic rings. The molecule has 0 aromatic heterocycles. The van der Waals surface area contributed by atoms with Crippen molar-refractivity contribution in [3.63, 3.8) is 0 Å². The second-order valence-corrected chi connectivity index (χ2v) is 2.72. The molecule has 3 heteroatoms. The summed E-state index contributed by atoms with van der Waals surface area (Å²) in [4.78, 5) is 0. The minimum absolute atomic E-state index is 0.144. The quantitative estimate of drug-likeness (QED) is 0.608. The third-order valence-electron chi connectivity index (χ3n) is 2.22. The van der Waals surface area contributed by atoms with Gasteiger partial charge in [-0.05, 0) is 12.8 Å². The van der Waals surface area contributed by atoms with Crippen LogP contribution in [0, 0.1) is 5.41 Å². The molecular weight excluding hydrogens is 124 g/mol. The Morgan fingerprint density at radius 1 is 1.44 bits per heavy atom. The molecule has 0 aromatic carbocycles. The minimum atomic E-state index is -2.21. The van der Waals surface area contributed by atoms with Gasteiger partial charge in [0, 0.05) is 12.0 Å². The van der Waals surface area contributed by atoms with Crippen LogP contribution >= 0.6 is 0 Å². The van der Waals surface area contributed by atoms with Crippen molar-refractivity contribution in [3.8, 4) is 0 Å². The first-order chi connectivity index (χ1) is 4.21. The van der Waals surface area contributed by atoms with E-state index in [0.717, 1.165) is 6.42 Å². The van der Waals surface area contributed by atoms with Crippen molar-refractivity contribution in [2.45, 2.75) is 25.7 Å². The van der Waals surface area contributed by atoms with Crippen molar-refractivity contribution in [2.75, 3.05) is 6.54 Å². The summed E-state index contributed by atoms with van der Waals surface area (Å²) in [6, 6.07) is 0. The molecule has 1 saturated carbocycles. The average Bonchev–Trinajstić information content (AvgIpc) is 1.62. The summed E-state index contributed by atoms with van der Waals surface area (Å²) >= 11 is 0. The number of alkyl halides is 2. The number of nitrogens with two attached hydrogens (primary N) is 1. The predicted molar refractivity (Wildman–Crippen MR) is 31.3 cm³/mol. The molecule has 0 amide bonds. The van der Waals surface area contributed by atoms with Gasteiger partial charge in [0.15, 0.2) is 0 Å². The Balaban J connectivity index is 2.46. The topological polar surface area (TPSA) is 26.0 Å². The van der Waals surface area contributed by atoms with Crippen LogP contribution in [0.15, 0.2) is 0 Å². The van der Waals surface area contributed by atoms with E-state index in [2.05, 4.69) is 0 Å². The van der Waals surface area contributed by atoms with Gasteiger partial charge in [0.2, 0.25) is 6.43 Å². The Hall–Kier alpha value is -0.180. The van der Waals surface area contributed by atoms with Gasteiger partial charge >= 0.3 is 0 Å². The average molecular weight is 135 g/mol. The van der Waals surface area contributed by atoms with Crippen LogP contribution in [0.25, 0.3) is 0 Å². The van der Waals surface area contributed by atoms with Gasteiger partial charge in [-0.15, -0.1) is 0 Å². The summed E-state index contributed by atoms with van der Waals surface area (Å²) in [6.45, 7) is 0.144. The highest BCUT2D eigenvalue weighted by molar-refractivity contribution is 4.90. The Labute approximate surface area is 53.2 Å². The predicted octanol–water partition coefficient (Wildman–Crippen LogP) is 1.38. The van der Waals surface area contributed by atoms with Crippen LogP contribution in [-0.4, -0.2) is 13.0 Å². The molecule has 0 unspecified atom stereocenters. The van der Waals surface area contributed by atoms with E-state index in [1.54, 1.807) is 0 Å². The highest BCUT2D eigenvalue weighted by Crippen LogP contribution is 2.44. The summed E-state index contributed by atoms with van der Waals surface area (Å²) in [5.74, 6) is 0. The molecule has 0 saturated heterocycles. The second kappa shape index (κ2) is 2.21. The maximum Gasteiger partial charge on any atom is 0.245 e. The third-order valence-corrected chi connectivity index (χ3v) is 2.22. The molecule has 0 aromatic rings. The molecule has 0 radical (unpaired) electrons. The monoisotopic (exact) mass is 135 g/mol. The first-order valence-electron chi connectivity index (χ1n) is 3.19. The van der Waals surface area contributed by atoms with Gasteiger partial charge in [0.1, 0.15) is 0 Å². The van der Waals surface area contributed by atoms with Gasteiger partial charge in [0.05, 0.1) is 0 Å². The number of hydrogen-bond donors (Lipinski definition) is 1. The van der Waals surface area contributed by atoms with Crippen molar-refractivity contribution in [1.29, 1.82) is 0 Å². The zero-order chi connectivity index (χ0) is 6.91. The minimum Gasteiger partial charge on any atom is -0.330 e. The van der Waals surface area contributed by atoms with Crippen molar-refractivity contribution in [1.82, 2.24) is 0 Å². The molecule has 0 heterocycles. The van der Waals surface area contributed by atoms with E-state index in [1.165, 1.54) is 0 Å². The molecule has 1 rings (SSSR count). The largest absolute Gasteiger partial charge is 0.330 e. The van der Waals surface area contributed by atoms with E-state index in [4.69, 9.17) is 5.73 Å². The summed E-state index contributed by atoms with van der Waals surface area (Å²) in [7, 11) is 0. The Morgan fingerprint density at radius 3 is 2.00 bits per heavy atom. The Bertz CT molecular complexity index is 93.7. The lowest BCUT2D eigenvalue weighted by Gasteiger charge is -2.39. The summed E-state index contributed by atoms with van der Waals surface area (Å²) in [6.07, 6.45) is -0.0691. The summed E-state index contributed by atoms with van der Waals surface area (Å²) < 4.78 is 24.1. The zero-order valence-electron chi connectivity index (χ0n) is 5.24. The highest BCUT2D eigenvalue weighted by atomic mass is 19.3. The van der Waals surface area contributed by atoms with Gasteiger partial charge in [0.25, 0.3) is 0 Å². The fourth-order valence-corrected chi connectivity index (χ4v) is 1.14. The molecule has 1 aliphatic carbocycles. The molecule has 0 bridgehead atoms. The number of halogens is 2. The van der Waals surface area contributed by atoms with Crippen LogP contribution in [-0.2, 0) is 0 Å². The molecule has 0 aliphatic heterocycles. The normalized spacial score (nSPS) is 24.0. The standard InChI is InChI=1S/C6H11F2N/c7-5(8)6(4-9)2-1-3-6/h5H,1-4,9H2. The second-order valence-electron chi connectivity index (χ2n) is 2.72. The number of hydrogen-bond acceptors (Lipinski definition) is 1.